The van der Waals surface area contributed by atoms with Gasteiger partial charge in [0.15, 0.2) is 0 Å². The predicted octanol–water partition coefficient (Wildman–Crippen LogP) is 5.09. The molecule has 0 saturated heterocycles. The van der Waals surface area contributed by atoms with Crippen molar-refractivity contribution >= 4 is 27.5 Å². The molecule has 3 rings (SSSR count). The van der Waals surface area contributed by atoms with Crippen molar-refractivity contribution in [2.45, 2.75) is 17.7 Å². The number of benzene rings is 2. The summed E-state index contributed by atoms with van der Waals surface area (Å²) in [6, 6.07) is 10.7. The molecule has 0 saturated carbocycles. The van der Waals surface area contributed by atoms with Gasteiger partial charge in [0.25, 0.3) is 0 Å². The van der Waals surface area contributed by atoms with Crippen LogP contribution < -0.4 is 4.74 Å². The smallest absolute Gasteiger partial charge is 0.127 e. The highest BCUT2D eigenvalue weighted by Gasteiger charge is 2.22. The summed E-state index contributed by atoms with van der Waals surface area (Å²) < 4.78 is 19.4. The van der Waals surface area contributed by atoms with Crippen molar-refractivity contribution in [3.63, 3.8) is 0 Å². The number of hydrogen-bond donors (Lipinski definition) is 0. The maximum absolute atomic E-state index is 13.7. The molecular formula is C16H13BrClFO. The molecular weight excluding hydrogens is 343 g/mol. The standard InChI is InChI=1S/C16H13BrClFO/c17-14(8-10-3-1-2-4-15(10)19)13-9-12(18)7-11-5-6-20-16(11)13/h1-4,7,9,14H,5-6,8H2. The number of alkyl halides is 1. The van der Waals surface area contributed by atoms with Gasteiger partial charge >= 0.3 is 0 Å². The molecule has 1 aliphatic rings. The van der Waals surface area contributed by atoms with E-state index in [1.807, 2.05) is 18.2 Å². The highest BCUT2D eigenvalue weighted by Crippen LogP contribution is 2.40. The Labute approximate surface area is 130 Å². The van der Waals surface area contributed by atoms with E-state index in [4.69, 9.17) is 16.3 Å². The normalized spacial score (nSPS) is 14.8. The van der Waals surface area contributed by atoms with E-state index in [-0.39, 0.29) is 10.6 Å². The van der Waals surface area contributed by atoms with Crippen molar-refractivity contribution in [3.05, 3.63) is 63.9 Å². The molecule has 0 radical (unpaired) electrons. The van der Waals surface area contributed by atoms with Crippen LogP contribution in [-0.2, 0) is 12.8 Å². The summed E-state index contributed by atoms with van der Waals surface area (Å²) in [5.41, 5.74) is 2.81. The van der Waals surface area contributed by atoms with Gasteiger partial charge in [-0.15, -0.1) is 0 Å². The Kier molecular flexibility index (Phi) is 3.99. The van der Waals surface area contributed by atoms with Crippen molar-refractivity contribution in [1.82, 2.24) is 0 Å². The summed E-state index contributed by atoms with van der Waals surface area (Å²) in [7, 11) is 0. The first-order chi connectivity index (χ1) is 9.65. The SMILES string of the molecule is Fc1ccccc1CC(Br)c1cc(Cl)cc2c1OCC2. The monoisotopic (exact) mass is 354 g/mol. The molecule has 1 heterocycles. The third-order valence-electron chi connectivity index (χ3n) is 3.47. The van der Waals surface area contributed by atoms with Gasteiger partial charge in [0, 0.05) is 21.8 Å². The number of rotatable bonds is 3. The van der Waals surface area contributed by atoms with E-state index in [1.54, 1.807) is 12.1 Å². The largest absolute Gasteiger partial charge is 0.493 e. The Balaban J connectivity index is 1.92. The van der Waals surface area contributed by atoms with Crippen LogP contribution in [-0.4, -0.2) is 6.61 Å². The summed E-state index contributed by atoms with van der Waals surface area (Å²) in [6.45, 7) is 0.683. The molecule has 0 aliphatic carbocycles. The summed E-state index contributed by atoms with van der Waals surface area (Å²) in [5, 5.41) is 0.697. The summed E-state index contributed by atoms with van der Waals surface area (Å²) in [5.74, 6) is 0.712. The second-order valence-electron chi connectivity index (χ2n) is 4.84. The molecule has 0 aromatic heterocycles. The van der Waals surface area contributed by atoms with Gasteiger partial charge in [-0.2, -0.15) is 0 Å². The molecule has 1 unspecified atom stereocenters. The second-order valence-corrected chi connectivity index (χ2v) is 6.39. The number of halogens is 3. The van der Waals surface area contributed by atoms with Crippen LogP contribution in [0.15, 0.2) is 36.4 Å². The first-order valence-corrected chi connectivity index (χ1v) is 7.77. The molecule has 104 valence electrons. The van der Waals surface area contributed by atoms with Crippen LogP contribution in [0.3, 0.4) is 0 Å². The second kappa shape index (κ2) is 5.74. The van der Waals surface area contributed by atoms with Gasteiger partial charge in [-0.25, -0.2) is 4.39 Å². The highest BCUT2D eigenvalue weighted by atomic mass is 79.9. The third-order valence-corrected chi connectivity index (χ3v) is 4.51. The molecule has 20 heavy (non-hydrogen) atoms. The highest BCUT2D eigenvalue weighted by molar-refractivity contribution is 9.09. The molecule has 1 nitrogen and oxygen atoms in total. The van der Waals surface area contributed by atoms with Crippen LogP contribution >= 0.6 is 27.5 Å². The number of fused-ring (bicyclic) bond motifs is 1. The van der Waals surface area contributed by atoms with E-state index in [0.717, 1.165) is 23.3 Å². The van der Waals surface area contributed by atoms with Crippen molar-refractivity contribution in [2.75, 3.05) is 6.61 Å². The van der Waals surface area contributed by atoms with Crippen molar-refractivity contribution in [3.8, 4) is 5.75 Å². The van der Waals surface area contributed by atoms with Crippen molar-refractivity contribution < 1.29 is 9.13 Å². The summed E-state index contributed by atoms with van der Waals surface area (Å²) in [4.78, 5) is -0.0232. The zero-order valence-corrected chi connectivity index (χ0v) is 13.0. The zero-order chi connectivity index (χ0) is 14.1. The minimum Gasteiger partial charge on any atom is -0.493 e. The van der Waals surface area contributed by atoms with Gasteiger partial charge in [-0.1, -0.05) is 45.7 Å². The summed E-state index contributed by atoms with van der Waals surface area (Å²) >= 11 is 9.80. The lowest BCUT2D eigenvalue weighted by molar-refractivity contribution is 0.353. The Morgan fingerprint density at radius 3 is 2.90 bits per heavy atom. The third kappa shape index (κ3) is 2.70. The molecule has 2 aromatic carbocycles. The Morgan fingerprint density at radius 2 is 2.10 bits per heavy atom. The van der Waals surface area contributed by atoms with Gasteiger partial charge in [0.2, 0.25) is 0 Å². The lowest BCUT2D eigenvalue weighted by Gasteiger charge is -2.15. The van der Waals surface area contributed by atoms with E-state index in [9.17, 15) is 4.39 Å². The topological polar surface area (TPSA) is 9.23 Å². The van der Waals surface area contributed by atoms with E-state index < -0.39 is 0 Å². The molecule has 1 atom stereocenters. The molecule has 0 fully saturated rings. The van der Waals surface area contributed by atoms with Crippen LogP contribution in [0.1, 0.15) is 21.5 Å². The fourth-order valence-corrected chi connectivity index (χ4v) is 3.44. The van der Waals surface area contributed by atoms with E-state index in [0.29, 0.717) is 23.6 Å². The molecule has 0 spiro atoms. The van der Waals surface area contributed by atoms with Crippen LogP contribution in [0.2, 0.25) is 5.02 Å². The molecule has 0 amide bonds. The Morgan fingerprint density at radius 1 is 1.30 bits per heavy atom. The van der Waals surface area contributed by atoms with Gasteiger partial charge in [-0.3, -0.25) is 0 Å². The quantitative estimate of drug-likeness (QED) is 0.697. The maximum Gasteiger partial charge on any atom is 0.127 e. The number of ether oxygens (including phenoxy) is 1. The average Bonchev–Trinajstić information content (AvgIpc) is 2.88. The molecule has 4 heteroatoms. The minimum absolute atomic E-state index is 0.0232. The van der Waals surface area contributed by atoms with Crippen molar-refractivity contribution in [1.29, 1.82) is 0 Å². The lowest BCUT2D eigenvalue weighted by Crippen LogP contribution is -2.00. The van der Waals surface area contributed by atoms with Gasteiger partial charge < -0.3 is 4.74 Å². The molecule has 0 N–H and O–H groups in total. The average molecular weight is 356 g/mol. The van der Waals surface area contributed by atoms with Gasteiger partial charge in [0.05, 0.1) is 6.61 Å². The lowest BCUT2D eigenvalue weighted by atomic mass is 10.0. The van der Waals surface area contributed by atoms with Crippen LogP contribution in [0.25, 0.3) is 0 Å². The Hall–Kier alpha value is -1.06. The molecule has 0 bridgehead atoms. The molecule has 2 aromatic rings. The fourth-order valence-electron chi connectivity index (χ4n) is 2.50. The number of hydrogen-bond acceptors (Lipinski definition) is 1. The van der Waals surface area contributed by atoms with E-state index in [1.165, 1.54) is 6.07 Å². The van der Waals surface area contributed by atoms with E-state index in [2.05, 4.69) is 15.9 Å². The Bertz CT molecular complexity index is 644. The fraction of sp³-hybridized carbons (Fsp3) is 0.250. The maximum atomic E-state index is 13.7. The minimum atomic E-state index is -0.184. The predicted molar refractivity (Wildman–Crippen MR) is 82.4 cm³/mol. The van der Waals surface area contributed by atoms with Crippen LogP contribution in [0.4, 0.5) is 4.39 Å². The molecule has 1 aliphatic heterocycles. The summed E-state index contributed by atoms with van der Waals surface area (Å²) in [6.07, 6.45) is 1.44. The first kappa shape index (κ1) is 13.9. The van der Waals surface area contributed by atoms with Crippen LogP contribution in [0.5, 0.6) is 5.75 Å². The van der Waals surface area contributed by atoms with Gasteiger partial charge in [0.1, 0.15) is 11.6 Å². The van der Waals surface area contributed by atoms with Crippen molar-refractivity contribution in [2.24, 2.45) is 0 Å². The first-order valence-electron chi connectivity index (χ1n) is 6.48. The zero-order valence-electron chi connectivity index (χ0n) is 10.7. The van der Waals surface area contributed by atoms with E-state index >= 15 is 0 Å². The van der Waals surface area contributed by atoms with Gasteiger partial charge in [-0.05, 0) is 35.7 Å². The van der Waals surface area contributed by atoms with Crippen LogP contribution in [0, 0.1) is 5.82 Å².